The monoisotopic (exact) mass is 239 g/mol. The van der Waals surface area contributed by atoms with Crippen molar-refractivity contribution in [1.29, 1.82) is 0 Å². The quantitative estimate of drug-likeness (QED) is 0.797. The van der Waals surface area contributed by atoms with Crippen LogP contribution in [0.1, 0.15) is 0 Å². The van der Waals surface area contributed by atoms with Crippen LogP contribution in [-0.2, 0) is 4.74 Å². The van der Waals surface area contributed by atoms with Gasteiger partial charge >= 0.3 is 0 Å². The lowest BCUT2D eigenvalue weighted by Crippen LogP contribution is -2.37. The maximum absolute atomic E-state index is 5.82. The van der Waals surface area contributed by atoms with E-state index in [0.717, 1.165) is 49.2 Å². The van der Waals surface area contributed by atoms with E-state index < -0.39 is 0 Å². The number of nitrogens with zero attached hydrogens (tertiary/aromatic N) is 2. The standard InChI is InChI=1S/C11H17N3OS/c12-10-9-13-2-1-11(10)16-8-5-14-3-6-15-7-4-14/h1-2,9H,3-8,12H2. The van der Waals surface area contributed by atoms with Gasteiger partial charge in [0.2, 0.25) is 0 Å². The lowest BCUT2D eigenvalue weighted by molar-refractivity contribution is 0.0410. The van der Waals surface area contributed by atoms with Crippen molar-refractivity contribution in [2.45, 2.75) is 4.90 Å². The van der Waals surface area contributed by atoms with Crippen molar-refractivity contribution >= 4 is 17.4 Å². The third kappa shape index (κ3) is 3.37. The molecule has 1 fully saturated rings. The van der Waals surface area contributed by atoms with Gasteiger partial charge in [-0.05, 0) is 6.07 Å². The van der Waals surface area contributed by atoms with E-state index in [-0.39, 0.29) is 0 Å². The molecule has 0 spiro atoms. The molecule has 0 radical (unpaired) electrons. The van der Waals surface area contributed by atoms with Gasteiger partial charge in [0, 0.05) is 36.5 Å². The highest BCUT2D eigenvalue weighted by Crippen LogP contribution is 2.23. The Balaban J connectivity index is 1.73. The molecule has 0 bridgehead atoms. The zero-order chi connectivity index (χ0) is 11.2. The third-order valence-corrected chi connectivity index (χ3v) is 3.65. The SMILES string of the molecule is Nc1cnccc1SCCN1CCOCC1. The van der Waals surface area contributed by atoms with Crippen LogP contribution in [0.15, 0.2) is 23.4 Å². The Bertz CT molecular complexity index is 329. The summed E-state index contributed by atoms with van der Waals surface area (Å²) >= 11 is 1.79. The predicted molar refractivity (Wildman–Crippen MR) is 66.6 cm³/mol. The Hall–Kier alpha value is -0.780. The lowest BCUT2D eigenvalue weighted by atomic mass is 10.4. The van der Waals surface area contributed by atoms with Gasteiger partial charge in [0.15, 0.2) is 0 Å². The summed E-state index contributed by atoms with van der Waals surface area (Å²) in [5, 5.41) is 0. The highest BCUT2D eigenvalue weighted by atomic mass is 32.2. The Morgan fingerprint density at radius 1 is 1.44 bits per heavy atom. The van der Waals surface area contributed by atoms with Gasteiger partial charge in [-0.15, -0.1) is 11.8 Å². The minimum Gasteiger partial charge on any atom is -0.397 e. The molecular weight excluding hydrogens is 222 g/mol. The fraction of sp³-hybridized carbons (Fsp3) is 0.545. The van der Waals surface area contributed by atoms with Crippen LogP contribution in [0, 0.1) is 0 Å². The summed E-state index contributed by atoms with van der Waals surface area (Å²) in [5.74, 6) is 1.06. The van der Waals surface area contributed by atoms with Crippen LogP contribution < -0.4 is 5.73 Å². The van der Waals surface area contributed by atoms with Crippen molar-refractivity contribution < 1.29 is 4.74 Å². The maximum atomic E-state index is 5.82. The molecule has 2 N–H and O–H groups in total. The number of hydrogen-bond donors (Lipinski definition) is 1. The Kier molecular flexibility index (Phi) is 4.44. The number of rotatable bonds is 4. The molecule has 1 aliphatic heterocycles. The number of pyridine rings is 1. The first-order valence-corrected chi connectivity index (χ1v) is 6.47. The van der Waals surface area contributed by atoms with E-state index in [9.17, 15) is 0 Å². The molecule has 2 heterocycles. The van der Waals surface area contributed by atoms with Crippen LogP contribution in [0.4, 0.5) is 5.69 Å². The van der Waals surface area contributed by atoms with Gasteiger partial charge < -0.3 is 10.5 Å². The van der Waals surface area contributed by atoms with Crippen molar-refractivity contribution in [3.8, 4) is 0 Å². The summed E-state index contributed by atoms with van der Waals surface area (Å²) in [4.78, 5) is 7.53. The first-order valence-electron chi connectivity index (χ1n) is 5.48. The van der Waals surface area contributed by atoms with Gasteiger partial charge in [-0.1, -0.05) is 0 Å². The van der Waals surface area contributed by atoms with Gasteiger partial charge in [-0.2, -0.15) is 0 Å². The van der Waals surface area contributed by atoms with Crippen molar-refractivity contribution in [3.05, 3.63) is 18.5 Å². The zero-order valence-corrected chi connectivity index (χ0v) is 10.1. The fourth-order valence-electron chi connectivity index (χ4n) is 1.63. The summed E-state index contributed by atoms with van der Waals surface area (Å²) in [7, 11) is 0. The molecule has 0 atom stereocenters. The number of nitrogens with two attached hydrogens (primary N) is 1. The van der Waals surface area contributed by atoms with Crippen LogP contribution >= 0.6 is 11.8 Å². The highest BCUT2D eigenvalue weighted by molar-refractivity contribution is 7.99. The molecule has 0 aromatic carbocycles. The number of morpholine rings is 1. The van der Waals surface area contributed by atoms with E-state index in [2.05, 4.69) is 9.88 Å². The number of nitrogen functional groups attached to an aromatic ring is 1. The Morgan fingerprint density at radius 2 is 2.25 bits per heavy atom. The number of anilines is 1. The summed E-state index contributed by atoms with van der Waals surface area (Å²) in [6, 6.07) is 1.97. The molecule has 1 saturated heterocycles. The largest absolute Gasteiger partial charge is 0.397 e. The van der Waals surface area contributed by atoms with Gasteiger partial charge in [0.05, 0.1) is 25.1 Å². The van der Waals surface area contributed by atoms with E-state index in [1.165, 1.54) is 0 Å². The van der Waals surface area contributed by atoms with Gasteiger partial charge in [-0.3, -0.25) is 9.88 Å². The van der Waals surface area contributed by atoms with Crippen molar-refractivity contribution in [2.24, 2.45) is 0 Å². The zero-order valence-electron chi connectivity index (χ0n) is 9.26. The van der Waals surface area contributed by atoms with Gasteiger partial charge in [0.1, 0.15) is 0 Å². The van der Waals surface area contributed by atoms with Crippen LogP contribution in [-0.4, -0.2) is 48.5 Å². The molecule has 5 heteroatoms. The van der Waals surface area contributed by atoms with Crippen molar-refractivity contribution in [3.63, 3.8) is 0 Å². The van der Waals surface area contributed by atoms with Crippen molar-refractivity contribution in [2.75, 3.05) is 44.3 Å². The number of ether oxygens (including phenoxy) is 1. The third-order valence-electron chi connectivity index (χ3n) is 2.58. The normalized spacial score (nSPS) is 17.5. The average Bonchev–Trinajstić information content (AvgIpc) is 2.33. The van der Waals surface area contributed by atoms with E-state index in [0.29, 0.717) is 0 Å². The Morgan fingerprint density at radius 3 is 3.00 bits per heavy atom. The Labute approximate surface area is 100 Å². The molecule has 4 nitrogen and oxygen atoms in total. The smallest absolute Gasteiger partial charge is 0.0638 e. The molecular formula is C11H17N3OS. The average molecular weight is 239 g/mol. The molecule has 0 amide bonds. The topological polar surface area (TPSA) is 51.4 Å². The number of aromatic nitrogens is 1. The highest BCUT2D eigenvalue weighted by Gasteiger charge is 2.09. The van der Waals surface area contributed by atoms with Gasteiger partial charge in [-0.25, -0.2) is 0 Å². The second-order valence-corrected chi connectivity index (χ2v) is 4.85. The molecule has 0 saturated carbocycles. The first kappa shape index (κ1) is 11.7. The number of thioether (sulfide) groups is 1. The molecule has 0 aliphatic carbocycles. The minimum atomic E-state index is 0.773. The summed E-state index contributed by atoms with van der Waals surface area (Å²) < 4.78 is 5.31. The summed E-state index contributed by atoms with van der Waals surface area (Å²) in [6.07, 6.45) is 3.49. The van der Waals surface area contributed by atoms with Crippen molar-refractivity contribution in [1.82, 2.24) is 9.88 Å². The molecule has 1 aliphatic rings. The van der Waals surface area contributed by atoms with E-state index in [4.69, 9.17) is 10.5 Å². The number of hydrogen-bond acceptors (Lipinski definition) is 5. The maximum Gasteiger partial charge on any atom is 0.0638 e. The molecule has 88 valence electrons. The molecule has 1 aromatic rings. The first-order chi connectivity index (χ1) is 7.86. The molecule has 1 aromatic heterocycles. The van der Waals surface area contributed by atoms with E-state index in [1.807, 2.05) is 6.07 Å². The second-order valence-electron chi connectivity index (χ2n) is 3.72. The fourth-order valence-corrected chi connectivity index (χ4v) is 2.58. The summed E-state index contributed by atoms with van der Waals surface area (Å²) in [5.41, 5.74) is 6.60. The molecule has 0 unspecified atom stereocenters. The van der Waals surface area contributed by atoms with Crippen LogP contribution in [0.5, 0.6) is 0 Å². The van der Waals surface area contributed by atoms with Crippen LogP contribution in [0.3, 0.4) is 0 Å². The minimum absolute atomic E-state index is 0.773. The molecule has 16 heavy (non-hydrogen) atoms. The van der Waals surface area contributed by atoms with Crippen LogP contribution in [0.25, 0.3) is 0 Å². The lowest BCUT2D eigenvalue weighted by Gasteiger charge is -2.26. The van der Waals surface area contributed by atoms with Crippen LogP contribution in [0.2, 0.25) is 0 Å². The predicted octanol–water partition coefficient (Wildman–Crippen LogP) is 1.09. The second kappa shape index (κ2) is 6.08. The molecule has 2 rings (SSSR count). The summed E-state index contributed by atoms with van der Waals surface area (Å²) in [6.45, 7) is 4.92. The van der Waals surface area contributed by atoms with E-state index in [1.54, 1.807) is 24.2 Å². The van der Waals surface area contributed by atoms with E-state index >= 15 is 0 Å². The van der Waals surface area contributed by atoms with Gasteiger partial charge in [0.25, 0.3) is 0 Å².